The molecular formula is C11H10N2O3S2. The number of aldehydes is 1. The number of carbonyl (C=O) groups is 1. The number of hydrogen-bond acceptors (Lipinski definition) is 5. The topological polar surface area (TPSA) is 79.9 Å². The summed E-state index contributed by atoms with van der Waals surface area (Å²) in [6.07, 6.45) is 1.26. The van der Waals surface area contributed by atoms with Gasteiger partial charge in [0, 0.05) is 17.7 Å². The van der Waals surface area contributed by atoms with Crippen molar-refractivity contribution >= 4 is 27.5 Å². The highest BCUT2D eigenvalue weighted by molar-refractivity contribution is 7.90. The van der Waals surface area contributed by atoms with Crippen LogP contribution in [0.2, 0.25) is 0 Å². The van der Waals surface area contributed by atoms with Crippen molar-refractivity contribution in [3.63, 3.8) is 0 Å². The second-order valence-electron chi connectivity index (χ2n) is 4.19. The Labute approximate surface area is 108 Å². The third-order valence-corrected chi connectivity index (χ3v) is 5.53. The number of thiophene rings is 1. The summed E-state index contributed by atoms with van der Waals surface area (Å²) >= 11 is 1.32. The molecule has 94 valence electrons. The number of hydrogen-bond donors (Lipinski definition) is 1. The summed E-state index contributed by atoms with van der Waals surface area (Å²) in [5.41, 5.74) is 2.30. The third kappa shape index (κ3) is 1.89. The van der Waals surface area contributed by atoms with Crippen molar-refractivity contribution in [1.29, 1.82) is 0 Å². The van der Waals surface area contributed by atoms with Gasteiger partial charge in [0.05, 0.1) is 21.3 Å². The highest BCUT2D eigenvalue weighted by Crippen LogP contribution is 2.33. The summed E-state index contributed by atoms with van der Waals surface area (Å²) in [5, 5.41) is 7.08. The Hall–Kier alpha value is -1.47. The van der Waals surface area contributed by atoms with Gasteiger partial charge >= 0.3 is 0 Å². The van der Waals surface area contributed by atoms with E-state index >= 15 is 0 Å². The van der Waals surface area contributed by atoms with Gasteiger partial charge in [-0.05, 0) is 12.1 Å². The molecule has 2 aromatic rings. The normalized spacial score (nSPS) is 17.3. The molecule has 0 unspecified atom stereocenters. The lowest BCUT2D eigenvalue weighted by molar-refractivity contribution is 0.112. The van der Waals surface area contributed by atoms with Crippen LogP contribution in [-0.2, 0) is 22.0 Å². The number of aryl methyl sites for hydroxylation is 1. The summed E-state index contributed by atoms with van der Waals surface area (Å²) in [4.78, 5) is 12.1. The molecule has 7 heteroatoms. The maximum atomic E-state index is 11.7. The largest absolute Gasteiger partial charge is 0.297 e. The van der Waals surface area contributed by atoms with Crippen molar-refractivity contribution in [3.05, 3.63) is 28.3 Å². The van der Waals surface area contributed by atoms with Gasteiger partial charge in [-0.25, -0.2) is 8.42 Å². The van der Waals surface area contributed by atoms with E-state index in [1.54, 1.807) is 12.1 Å². The number of aromatic nitrogens is 2. The standard InChI is InChI=1S/C11H10N2O3S2/c14-5-7-1-2-10(17-7)11-8-6-18(15,16)4-3-9(8)12-13-11/h1-2,5H,3-4,6H2,(H,12,13). The first kappa shape index (κ1) is 11.6. The van der Waals surface area contributed by atoms with Gasteiger partial charge < -0.3 is 0 Å². The van der Waals surface area contributed by atoms with Gasteiger partial charge in [-0.15, -0.1) is 11.3 Å². The summed E-state index contributed by atoms with van der Waals surface area (Å²) in [5.74, 6) is 0.203. The van der Waals surface area contributed by atoms with Crippen LogP contribution in [0.1, 0.15) is 20.9 Å². The average Bonchev–Trinajstić information content (AvgIpc) is 2.92. The highest BCUT2D eigenvalue weighted by atomic mass is 32.2. The molecule has 1 aliphatic rings. The number of rotatable bonds is 2. The molecule has 0 bridgehead atoms. The molecule has 18 heavy (non-hydrogen) atoms. The van der Waals surface area contributed by atoms with Crippen molar-refractivity contribution in [2.24, 2.45) is 0 Å². The number of fused-ring (bicyclic) bond motifs is 1. The van der Waals surface area contributed by atoms with E-state index in [2.05, 4.69) is 10.2 Å². The molecule has 2 aromatic heterocycles. The Bertz CT molecular complexity index is 712. The molecule has 0 radical (unpaired) electrons. The zero-order valence-electron chi connectivity index (χ0n) is 9.34. The number of nitrogens with one attached hydrogen (secondary N) is 1. The first-order valence-electron chi connectivity index (χ1n) is 5.41. The predicted molar refractivity (Wildman–Crippen MR) is 68.5 cm³/mol. The van der Waals surface area contributed by atoms with Crippen LogP contribution in [0.25, 0.3) is 10.6 Å². The first-order chi connectivity index (χ1) is 8.59. The molecule has 0 spiro atoms. The molecule has 1 N–H and O–H groups in total. The van der Waals surface area contributed by atoms with Crippen LogP contribution in [0.15, 0.2) is 12.1 Å². The van der Waals surface area contributed by atoms with Crippen molar-refractivity contribution < 1.29 is 13.2 Å². The fourth-order valence-electron chi connectivity index (χ4n) is 2.06. The Morgan fingerprint density at radius 3 is 2.94 bits per heavy atom. The Morgan fingerprint density at radius 1 is 1.39 bits per heavy atom. The van der Waals surface area contributed by atoms with Crippen LogP contribution < -0.4 is 0 Å². The molecular weight excluding hydrogens is 272 g/mol. The van der Waals surface area contributed by atoms with Gasteiger partial charge in [0.25, 0.3) is 0 Å². The number of aromatic amines is 1. The van der Waals surface area contributed by atoms with Crippen LogP contribution >= 0.6 is 11.3 Å². The average molecular weight is 282 g/mol. The lowest BCUT2D eigenvalue weighted by atomic mass is 10.1. The first-order valence-corrected chi connectivity index (χ1v) is 8.05. The van der Waals surface area contributed by atoms with E-state index in [0.717, 1.165) is 22.4 Å². The molecule has 0 saturated carbocycles. The molecule has 0 aromatic carbocycles. The molecule has 1 aliphatic heterocycles. The smallest absolute Gasteiger partial charge is 0.160 e. The van der Waals surface area contributed by atoms with Crippen molar-refractivity contribution in [2.75, 3.05) is 5.75 Å². The van der Waals surface area contributed by atoms with Crippen LogP contribution in [0.3, 0.4) is 0 Å². The minimum atomic E-state index is -3.02. The molecule has 0 fully saturated rings. The lowest BCUT2D eigenvalue weighted by Crippen LogP contribution is -2.18. The van der Waals surface area contributed by atoms with E-state index < -0.39 is 9.84 Å². The summed E-state index contributed by atoms with van der Waals surface area (Å²) in [6.45, 7) is 0. The van der Waals surface area contributed by atoms with Crippen molar-refractivity contribution in [3.8, 4) is 10.6 Å². The summed E-state index contributed by atoms with van der Waals surface area (Å²) in [7, 11) is -3.02. The second kappa shape index (κ2) is 4.03. The Balaban J connectivity index is 2.09. The molecule has 0 saturated heterocycles. The van der Waals surface area contributed by atoms with Crippen molar-refractivity contribution in [1.82, 2.24) is 10.2 Å². The van der Waals surface area contributed by atoms with E-state index in [1.807, 2.05) is 0 Å². The van der Waals surface area contributed by atoms with Crippen LogP contribution in [0, 0.1) is 0 Å². The number of nitrogens with zero attached hydrogens (tertiary/aromatic N) is 1. The highest BCUT2D eigenvalue weighted by Gasteiger charge is 2.27. The molecule has 0 amide bonds. The second-order valence-corrected chi connectivity index (χ2v) is 7.49. The van der Waals surface area contributed by atoms with Gasteiger partial charge in [-0.2, -0.15) is 5.10 Å². The maximum Gasteiger partial charge on any atom is 0.160 e. The van der Waals surface area contributed by atoms with E-state index in [4.69, 9.17) is 0 Å². The minimum Gasteiger partial charge on any atom is -0.297 e. The van der Waals surface area contributed by atoms with E-state index in [9.17, 15) is 13.2 Å². The molecule has 0 atom stereocenters. The monoisotopic (exact) mass is 282 g/mol. The van der Waals surface area contributed by atoms with Gasteiger partial charge in [-0.3, -0.25) is 9.89 Å². The fraction of sp³-hybridized carbons (Fsp3) is 0.273. The number of sulfone groups is 1. The zero-order chi connectivity index (χ0) is 12.8. The third-order valence-electron chi connectivity index (χ3n) is 2.96. The Morgan fingerprint density at radius 2 is 2.22 bits per heavy atom. The van der Waals surface area contributed by atoms with E-state index in [0.29, 0.717) is 17.0 Å². The van der Waals surface area contributed by atoms with Crippen LogP contribution in [0.5, 0.6) is 0 Å². The number of H-pyrrole nitrogens is 1. The summed E-state index contributed by atoms with van der Waals surface area (Å²) < 4.78 is 23.3. The van der Waals surface area contributed by atoms with Gasteiger partial charge in [0.15, 0.2) is 16.1 Å². The Kier molecular flexibility index (Phi) is 2.60. The minimum absolute atomic E-state index is 0.0302. The molecule has 3 rings (SSSR count). The van der Waals surface area contributed by atoms with Crippen molar-refractivity contribution in [2.45, 2.75) is 12.2 Å². The van der Waals surface area contributed by atoms with Gasteiger partial charge in [-0.1, -0.05) is 0 Å². The zero-order valence-corrected chi connectivity index (χ0v) is 11.0. The quantitative estimate of drug-likeness (QED) is 0.845. The van der Waals surface area contributed by atoms with Gasteiger partial charge in [0.2, 0.25) is 0 Å². The van der Waals surface area contributed by atoms with Crippen LogP contribution in [0.4, 0.5) is 0 Å². The molecule has 5 nitrogen and oxygen atoms in total. The SMILES string of the molecule is O=Cc1ccc(-c2n[nH]c3c2CS(=O)(=O)CC3)s1. The van der Waals surface area contributed by atoms with Crippen LogP contribution in [-0.4, -0.2) is 30.7 Å². The summed E-state index contributed by atoms with van der Waals surface area (Å²) in [6, 6.07) is 3.51. The molecule has 0 aliphatic carbocycles. The van der Waals surface area contributed by atoms with E-state index in [1.165, 1.54) is 11.3 Å². The maximum absolute atomic E-state index is 11.7. The van der Waals surface area contributed by atoms with Gasteiger partial charge in [0.1, 0.15) is 5.69 Å². The fourth-order valence-corrected chi connectivity index (χ4v) is 4.31. The molecule has 3 heterocycles. The lowest BCUT2D eigenvalue weighted by Gasteiger charge is -2.11. The predicted octanol–water partition coefficient (Wildman–Crippen LogP) is 1.42. The number of carbonyl (C=O) groups excluding carboxylic acids is 1. The van der Waals surface area contributed by atoms with E-state index in [-0.39, 0.29) is 11.5 Å².